The molecule has 8 heteroatoms. The van der Waals surface area contributed by atoms with Gasteiger partial charge in [-0.1, -0.05) is 52.3 Å². The Hall–Kier alpha value is -1.99. The Morgan fingerprint density at radius 2 is 1.84 bits per heavy atom. The third-order valence-corrected chi connectivity index (χ3v) is 9.04. The van der Waals surface area contributed by atoms with E-state index in [0.717, 1.165) is 43.6 Å². The molecule has 1 saturated heterocycles. The molecule has 38 heavy (non-hydrogen) atoms. The minimum Gasteiger partial charge on any atom is -0.508 e. The van der Waals surface area contributed by atoms with Crippen LogP contribution in [0.4, 0.5) is 0 Å². The number of hydrogen-bond donors (Lipinski definition) is 3. The molecule has 5 atom stereocenters. The summed E-state index contributed by atoms with van der Waals surface area (Å²) in [5.41, 5.74) is 3.46. The van der Waals surface area contributed by atoms with E-state index in [4.69, 9.17) is 0 Å². The number of piperidine rings is 1. The number of phenols is 2. The minimum atomic E-state index is -0.206. The zero-order valence-corrected chi connectivity index (χ0v) is 24.9. The Morgan fingerprint density at radius 1 is 1.13 bits per heavy atom. The Balaban J connectivity index is 0.00000253. The van der Waals surface area contributed by atoms with Gasteiger partial charge >= 0.3 is 0 Å². The lowest BCUT2D eigenvalue weighted by atomic mass is 9.68. The first-order chi connectivity index (χ1) is 17.1. The molecule has 1 amide bonds. The molecule has 0 aromatic heterocycles. The van der Waals surface area contributed by atoms with Crippen molar-refractivity contribution >= 4 is 30.7 Å². The maximum atomic E-state index is 13.5. The lowest BCUT2D eigenvalue weighted by Gasteiger charge is -2.46. The standard InChI is InChI=1S/C30H43N3O3.2ClH/c1-6-20(2)27(31-29(36)28-15-22-10-11-26(35)14-23(22)18-32(28)5)19-33-13-12-30(4,21(3)17-33)24-8-7-9-25(34)16-24;;/h7-11,14,16,20-21,27-28,34-35H,6,12-13,15,17-19H2,1-5H3,(H,31,36);2*1H/t20-,21-,27+,28+,30+;;/m0../s1. The second kappa shape index (κ2) is 13.4. The van der Waals surface area contributed by atoms with Crippen LogP contribution in [-0.4, -0.2) is 64.7 Å². The number of carbonyl (C=O) groups excluding carboxylic acids is 1. The van der Waals surface area contributed by atoms with Crippen LogP contribution in [-0.2, 0) is 23.2 Å². The number of halogens is 2. The van der Waals surface area contributed by atoms with Crippen molar-refractivity contribution < 1.29 is 15.0 Å². The maximum absolute atomic E-state index is 13.5. The number of aromatic hydroxyl groups is 2. The van der Waals surface area contributed by atoms with Crippen molar-refractivity contribution in [1.29, 1.82) is 0 Å². The molecular formula is C30H45Cl2N3O3. The fourth-order valence-corrected chi connectivity index (χ4v) is 5.98. The largest absolute Gasteiger partial charge is 0.508 e. The SMILES string of the molecule is CC[C@H](C)[C@@H](CN1CC[C@@](C)(c2cccc(O)c2)[C@@H](C)C1)NC(=O)[C@H]1Cc2ccc(O)cc2CN1C.Cl.Cl. The Labute approximate surface area is 240 Å². The number of carbonyl (C=O) groups is 1. The molecule has 6 nitrogen and oxygen atoms in total. The van der Waals surface area contributed by atoms with Crippen molar-refractivity contribution in [3.63, 3.8) is 0 Å². The van der Waals surface area contributed by atoms with Gasteiger partial charge in [-0.15, -0.1) is 24.8 Å². The lowest BCUT2D eigenvalue weighted by Crippen LogP contribution is -2.56. The second-order valence-corrected chi connectivity index (χ2v) is 11.5. The van der Waals surface area contributed by atoms with E-state index in [9.17, 15) is 15.0 Å². The van der Waals surface area contributed by atoms with E-state index in [1.54, 1.807) is 12.1 Å². The van der Waals surface area contributed by atoms with Crippen molar-refractivity contribution in [3.8, 4) is 11.5 Å². The number of nitrogens with one attached hydrogen (secondary N) is 1. The minimum absolute atomic E-state index is 0. The van der Waals surface area contributed by atoms with Gasteiger partial charge in [0.2, 0.25) is 5.91 Å². The summed E-state index contributed by atoms with van der Waals surface area (Å²) in [5, 5.41) is 23.3. The highest BCUT2D eigenvalue weighted by atomic mass is 35.5. The summed E-state index contributed by atoms with van der Waals surface area (Å²) in [6, 6.07) is 13.1. The number of fused-ring (bicyclic) bond motifs is 1. The third kappa shape index (κ3) is 6.95. The molecule has 0 bridgehead atoms. The first kappa shape index (κ1) is 32.2. The zero-order valence-electron chi connectivity index (χ0n) is 23.3. The van der Waals surface area contributed by atoms with E-state index in [1.807, 2.05) is 31.3 Å². The molecule has 0 radical (unpaired) electrons. The molecule has 0 saturated carbocycles. The van der Waals surface area contributed by atoms with E-state index in [0.29, 0.717) is 30.6 Å². The zero-order chi connectivity index (χ0) is 26.0. The predicted molar refractivity (Wildman–Crippen MR) is 159 cm³/mol. The number of benzene rings is 2. The van der Waals surface area contributed by atoms with Gasteiger partial charge in [0.1, 0.15) is 11.5 Å². The van der Waals surface area contributed by atoms with Crippen LogP contribution in [0.2, 0.25) is 0 Å². The summed E-state index contributed by atoms with van der Waals surface area (Å²) >= 11 is 0. The number of phenolic OH excluding ortho intramolecular Hbond substituents is 2. The van der Waals surface area contributed by atoms with Gasteiger partial charge in [-0.2, -0.15) is 0 Å². The molecular weight excluding hydrogens is 521 g/mol. The summed E-state index contributed by atoms with van der Waals surface area (Å²) in [6.45, 7) is 12.5. The van der Waals surface area contributed by atoms with Crippen LogP contribution >= 0.6 is 24.8 Å². The van der Waals surface area contributed by atoms with Gasteiger partial charge in [0.25, 0.3) is 0 Å². The first-order valence-electron chi connectivity index (χ1n) is 13.4. The first-order valence-corrected chi connectivity index (χ1v) is 13.4. The van der Waals surface area contributed by atoms with Crippen molar-refractivity contribution in [1.82, 2.24) is 15.1 Å². The van der Waals surface area contributed by atoms with E-state index in [-0.39, 0.29) is 54.0 Å². The fraction of sp³-hybridized carbons (Fsp3) is 0.567. The highest BCUT2D eigenvalue weighted by Crippen LogP contribution is 2.40. The molecule has 0 unspecified atom stereocenters. The van der Waals surface area contributed by atoms with Gasteiger partial charge in [-0.3, -0.25) is 9.69 Å². The van der Waals surface area contributed by atoms with Gasteiger partial charge in [0.15, 0.2) is 0 Å². The van der Waals surface area contributed by atoms with Crippen molar-refractivity contribution in [3.05, 3.63) is 59.2 Å². The van der Waals surface area contributed by atoms with E-state index >= 15 is 0 Å². The number of likely N-dealkylation sites (N-methyl/N-ethyl adjacent to an activating group) is 1. The maximum Gasteiger partial charge on any atom is 0.237 e. The molecule has 2 aliphatic heterocycles. The highest BCUT2D eigenvalue weighted by Gasteiger charge is 2.39. The van der Waals surface area contributed by atoms with Crippen LogP contribution in [0.3, 0.4) is 0 Å². The molecule has 2 aromatic carbocycles. The summed E-state index contributed by atoms with van der Waals surface area (Å²) < 4.78 is 0. The number of hydrogen-bond acceptors (Lipinski definition) is 5. The smallest absolute Gasteiger partial charge is 0.237 e. The van der Waals surface area contributed by atoms with Gasteiger partial charge in [-0.05, 0) is 84.6 Å². The van der Waals surface area contributed by atoms with Crippen LogP contribution in [0.5, 0.6) is 11.5 Å². The molecule has 4 rings (SSSR count). The van der Waals surface area contributed by atoms with E-state index < -0.39 is 0 Å². The molecule has 3 N–H and O–H groups in total. The monoisotopic (exact) mass is 565 g/mol. The van der Waals surface area contributed by atoms with Crippen molar-refractivity contribution in [2.24, 2.45) is 11.8 Å². The van der Waals surface area contributed by atoms with Gasteiger partial charge in [0.05, 0.1) is 6.04 Å². The van der Waals surface area contributed by atoms with Crippen LogP contribution in [0, 0.1) is 11.8 Å². The molecule has 2 heterocycles. The summed E-state index contributed by atoms with van der Waals surface area (Å²) in [7, 11) is 1.99. The number of rotatable bonds is 7. The average molecular weight is 567 g/mol. The van der Waals surface area contributed by atoms with E-state index in [2.05, 4.69) is 48.9 Å². The molecule has 1 fully saturated rings. The van der Waals surface area contributed by atoms with Gasteiger partial charge in [-0.25, -0.2) is 0 Å². The Bertz CT molecular complexity index is 1080. The lowest BCUT2D eigenvalue weighted by molar-refractivity contribution is -0.127. The molecule has 0 spiro atoms. The summed E-state index contributed by atoms with van der Waals surface area (Å²) in [4.78, 5) is 18.1. The van der Waals surface area contributed by atoms with Gasteiger partial charge in [0, 0.05) is 25.7 Å². The topological polar surface area (TPSA) is 76.0 Å². The number of amides is 1. The molecule has 2 aromatic rings. The van der Waals surface area contributed by atoms with E-state index in [1.165, 1.54) is 5.56 Å². The van der Waals surface area contributed by atoms with Crippen LogP contribution in [0.15, 0.2) is 42.5 Å². The fourth-order valence-electron chi connectivity index (χ4n) is 5.98. The normalized spacial score (nSPS) is 25.3. The second-order valence-electron chi connectivity index (χ2n) is 11.5. The quantitative estimate of drug-likeness (QED) is 0.434. The van der Waals surface area contributed by atoms with Crippen LogP contribution in [0.1, 0.15) is 57.2 Å². The van der Waals surface area contributed by atoms with Crippen LogP contribution in [0.25, 0.3) is 0 Å². The highest BCUT2D eigenvalue weighted by molar-refractivity contribution is 5.85. The molecule has 212 valence electrons. The van der Waals surface area contributed by atoms with Crippen molar-refractivity contribution in [2.75, 3.05) is 26.7 Å². The molecule has 2 aliphatic rings. The third-order valence-electron chi connectivity index (χ3n) is 9.04. The average Bonchev–Trinajstić information content (AvgIpc) is 2.84. The molecule has 0 aliphatic carbocycles. The van der Waals surface area contributed by atoms with Crippen LogP contribution < -0.4 is 5.32 Å². The summed E-state index contributed by atoms with van der Waals surface area (Å²) in [5.74, 6) is 1.50. The Morgan fingerprint density at radius 3 is 2.50 bits per heavy atom. The number of likely N-dealkylation sites (tertiary alicyclic amines) is 1. The summed E-state index contributed by atoms with van der Waals surface area (Å²) in [6.07, 6.45) is 2.69. The predicted octanol–water partition coefficient (Wildman–Crippen LogP) is 5.13. The Kier molecular flexibility index (Phi) is 11.3. The number of nitrogens with zero attached hydrogens (tertiary/aromatic N) is 2. The van der Waals surface area contributed by atoms with Gasteiger partial charge < -0.3 is 20.4 Å². The van der Waals surface area contributed by atoms with Crippen molar-refractivity contribution in [2.45, 2.75) is 71.0 Å².